The number of aryl methyl sites for hydroxylation is 1. The molecule has 2 aromatic rings. The zero-order valence-corrected chi connectivity index (χ0v) is 14.5. The van der Waals surface area contributed by atoms with E-state index in [1.54, 1.807) is 0 Å². The van der Waals surface area contributed by atoms with Gasteiger partial charge in [-0.15, -0.1) is 0 Å². The van der Waals surface area contributed by atoms with E-state index >= 15 is 0 Å². The third-order valence-electron chi connectivity index (χ3n) is 2.95. The molecule has 0 saturated carbocycles. The normalized spacial score (nSPS) is 11.5. The van der Waals surface area contributed by atoms with Crippen LogP contribution in [-0.2, 0) is 6.54 Å². The highest BCUT2D eigenvalue weighted by Crippen LogP contribution is 2.29. The van der Waals surface area contributed by atoms with Crippen LogP contribution in [0.3, 0.4) is 0 Å². The van der Waals surface area contributed by atoms with E-state index in [9.17, 15) is 0 Å². The Kier molecular flexibility index (Phi) is 5.01. The third kappa shape index (κ3) is 4.83. The number of ether oxygens (including phenoxy) is 1. The predicted molar refractivity (Wildman–Crippen MR) is 89.8 cm³/mol. The fourth-order valence-electron chi connectivity index (χ4n) is 1.82. The SMILES string of the molecule is Cc1cc(CNC(C)(C)C)cnc1Oc1ccccc1Br. The molecule has 0 radical (unpaired) electrons. The van der Waals surface area contributed by atoms with E-state index in [1.165, 1.54) is 0 Å². The van der Waals surface area contributed by atoms with Crippen LogP contribution in [0.1, 0.15) is 31.9 Å². The van der Waals surface area contributed by atoms with Gasteiger partial charge in [0.2, 0.25) is 5.88 Å². The lowest BCUT2D eigenvalue weighted by molar-refractivity contribution is 0.422. The van der Waals surface area contributed by atoms with Crippen molar-refractivity contribution < 1.29 is 4.74 Å². The molecule has 0 spiro atoms. The molecule has 1 aromatic heterocycles. The molecule has 0 atom stereocenters. The van der Waals surface area contributed by atoms with Crippen LogP contribution in [0.2, 0.25) is 0 Å². The van der Waals surface area contributed by atoms with Crippen LogP contribution in [0.4, 0.5) is 0 Å². The molecule has 1 heterocycles. The van der Waals surface area contributed by atoms with Gasteiger partial charge in [0.1, 0.15) is 5.75 Å². The number of nitrogens with zero attached hydrogens (tertiary/aromatic N) is 1. The van der Waals surface area contributed by atoms with E-state index in [1.807, 2.05) is 37.4 Å². The lowest BCUT2D eigenvalue weighted by Crippen LogP contribution is -2.35. The monoisotopic (exact) mass is 348 g/mol. The molecule has 0 amide bonds. The number of nitrogens with one attached hydrogen (secondary N) is 1. The Labute approximate surface area is 134 Å². The minimum absolute atomic E-state index is 0.0952. The van der Waals surface area contributed by atoms with Gasteiger partial charge in [0.25, 0.3) is 0 Å². The van der Waals surface area contributed by atoms with E-state index in [4.69, 9.17) is 4.74 Å². The second-order valence-corrected chi connectivity index (χ2v) is 6.96. The van der Waals surface area contributed by atoms with Crippen LogP contribution in [0.25, 0.3) is 0 Å². The Hall–Kier alpha value is -1.39. The Balaban J connectivity index is 2.11. The molecule has 3 nitrogen and oxygen atoms in total. The summed E-state index contributed by atoms with van der Waals surface area (Å²) < 4.78 is 6.78. The molecule has 0 aliphatic heterocycles. The number of pyridine rings is 1. The Morgan fingerprint density at radius 3 is 2.57 bits per heavy atom. The van der Waals surface area contributed by atoms with E-state index in [0.29, 0.717) is 5.88 Å². The minimum Gasteiger partial charge on any atom is -0.438 e. The lowest BCUT2D eigenvalue weighted by atomic mass is 10.1. The number of rotatable bonds is 4. The highest BCUT2D eigenvalue weighted by atomic mass is 79.9. The van der Waals surface area contributed by atoms with E-state index in [-0.39, 0.29) is 5.54 Å². The molecule has 21 heavy (non-hydrogen) atoms. The first-order chi connectivity index (χ1) is 9.85. The second kappa shape index (κ2) is 6.58. The van der Waals surface area contributed by atoms with Gasteiger partial charge in [-0.3, -0.25) is 0 Å². The van der Waals surface area contributed by atoms with Crippen molar-refractivity contribution in [1.82, 2.24) is 10.3 Å². The maximum absolute atomic E-state index is 5.86. The largest absolute Gasteiger partial charge is 0.438 e. The van der Waals surface area contributed by atoms with Crippen molar-refractivity contribution in [3.63, 3.8) is 0 Å². The molecule has 2 rings (SSSR count). The quantitative estimate of drug-likeness (QED) is 0.858. The average Bonchev–Trinajstić information content (AvgIpc) is 2.41. The van der Waals surface area contributed by atoms with Gasteiger partial charge in [0.05, 0.1) is 4.47 Å². The van der Waals surface area contributed by atoms with Gasteiger partial charge in [0.15, 0.2) is 0 Å². The van der Waals surface area contributed by atoms with Gasteiger partial charge in [-0.25, -0.2) is 4.98 Å². The summed E-state index contributed by atoms with van der Waals surface area (Å²) in [6, 6.07) is 9.88. The topological polar surface area (TPSA) is 34.2 Å². The van der Waals surface area contributed by atoms with Crippen molar-refractivity contribution in [3.05, 3.63) is 52.1 Å². The maximum Gasteiger partial charge on any atom is 0.222 e. The van der Waals surface area contributed by atoms with Crippen LogP contribution >= 0.6 is 15.9 Å². The van der Waals surface area contributed by atoms with Crippen molar-refractivity contribution in [3.8, 4) is 11.6 Å². The molecule has 0 saturated heterocycles. The number of hydrogen-bond donors (Lipinski definition) is 1. The van der Waals surface area contributed by atoms with Gasteiger partial charge < -0.3 is 10.1 Å². The third-order valence-corrected chi connectivity index (χ3v) is 3.61. The zero-order chi connectivity index (χ0) is 15.5. The standard InChI is InChI=1S/C17H21BrN2O/c1-12-9-13(11-20-17(2,3)4)10-19-16(12)21-15-8-6-5-7-14(15)18/h5-10,20H,11H2,1-4H3. The lowest BCUT2D eigenvalue weighted by Gasteiger charge is -2.20. The molecule has 0 bridgehead atoms. The summed E-state index contributed by atoms with van der Waals surface area (Å²) in [6.45, 7) is 9.26. The van der Waals surface area contributed by atoms with Gasteiger partial charge in [-0.1, -0.05) is 12.1 Å². The van der Waals surface area contributed by atoms with Crippen molar-refractivity contribution in [2.45, 2.75) is 39.8 Å². The molecule has 1 N–H and O–H groups in total. The fourth-order valence-corrected chi connectivity index (χ4v) is 2.19. The summed E-state index contributed by atoms with van der Waals surface area (Å²) in [4.78, 5) is 4.43. The maximum atomic E-state index is 5.86. The number of hydrogen-bond acceptors (Lipinski definition) is 3. The molecule has 4 heteroatoms. The summed E-state index contributed by atoms with van der Waals surface area (Å²) in [5.74, 6) is 1.41. The Morgan fingerprint density at radius 1 is 1.24 bits per heavy atom. The molecule has 0 unspecified atom stereocenters. The fraction of sp³-hybridized carbons (Fsp3) is 0.353. The molecule has 112 valence electrons. The van der Waals surface area contributed by atoms with Gasteiger partial charge >= 0.3 is 0 Å². The second-order valence-electron chi connectivity index (χ2n) is 6.10. The molecular formula is C17H21BrN2O. The number of benzene rings is 1. The number of para-hydroxylation sites is 1. The minimum atomic E-state index is 0.0952. The predicted octanol–water partition coefficient (Wildman–Crippen LogP) is 4.83. The van der Waals surface area contributed by atoms with Gasteiger partial charge in [0, 0.05) is 23.8 Å². The van der Waals surface area contributed by atoms with E-state index in [0.717, 1.165) is 27.9 Å². The molecular weight excluding hydrogens is 328 g/mol. The Morgan fingerprint density at radius 2 is 1.95 bits per heavy atom. The summed E-state index contributed by atoms with van der Waals surface area (Å²) in [7, 11) is 0. The summed E-state index contributed by atoms with van der Waals surface area (Å²) in [5.41, 5.74) is 2.28. The highest BCUT2D eigenvalue weighted by molar-refractivity contribution is 9.10. The first-order valence-corrected chi connectivity index (χ1v) is 7.77. The first-order valence-electron chi connectivity index (χ1n) is 6.98. The summed E-state index contributed by atoms with van der Waals surface area (Å²) in [6.07, 6.45) is 1.86. The molecule has 0 aliphatic rings. The summed E-state index contributed by atoms with van der Waals surface area (Å²) >= 11 is 3.48. The van der Waals surface area contributed by atoms with Crippen LogP contribution in [0.15, 0.2) is 41.0 Å². The van der Waals surface area contributed by atoms with E-state index in [2.05, 4.69) is 53.1 Å². The van der Waals surface area contributed by atoms with Crippen LogP contribution in [0, 0.1) is 6.92 Å². The Bertz CT molecular complexity index is 620. The van der Waals surface area contributed by atoms with E-state index < -0.39 is 0 Å². The van der Waals surface area contributed by atoms with Crippen molar-refractivity contribution in [1.29, 1.82) is 0 Å². The van der Waals surface area contributed by atoms with Crippen molar-refractivity contribution in [2.75, 3.05) is 0 Å². The van der Waals surface area contributed by atoms with Crippen LogP contribution < -0.4 is 10.1 Å². The smallest absolute Gasteiger partial charge is 0.222 e. The van der Waals surface area contributed by atoms with Crippen LogP contribution in [0.5, 0.6) is 11.6 Å². The first kappa shape index (κ1) is 16.0. The number of halogens is 1. The van der Waals surface area contributed by atoms with Crippen LogP contribution in [-0.4, -0.2) is 10.5 Å². The van der Waals surface area contributed by atoms with Crippen molar-refractivity contribution in [2.24, 2.45) is 0 Å². The molecule has 0 fully saturated rings. The zero-order valence-electron chi connectivity index (χ0n) is 12.9. The van der Waals surface area contributed by atoms with Gasteiger partial charge in [-0.2, -0.15) is 0 Å². The number of aromatic nitrogens is 1. The van der Waals surface area contributed by atoms with Crippen molar-refractivity contribution >= 4 is 15.9 Å². The highest BCUT2D eigenvalue weighted by Gasteiger charge is 2.10. The molecule has 1 aromatic carbocycles. The summed E-state index contributed by atoms with van der Waals surface area (Å²) in [5, 5.41) is 3.46. The molecule has 0 aliphatic carbocycles. The average molecular weight is 349 g/mol. The van der Waals surface area contributed by atoms with Gasteiger partial charge in [-0.05, 0) is 67.4 Å².